The van der Waals surface area contributed by atoms with Gasteiger partial charge in [-0.15, -0.1) is 22.7 Å². The molecule has 1 amide bonds. The maximum absolute atomic E-state index is 12.4. The number of hydrogen-bond donors (Lipinski definition) is 1. The first-order valence-corrected chi connectivity index (χ1v) is 8.73. The highest BCUT2D eigenvalue weighted by Gasteiger charge is 2.19. The largest absolute Gasteiger partial charge is 0.342 e. The molecule has 0 fully saturated rings. The second-order valence-corrected chi connectivity index (χ2v) is 6.63. The molecule has 0 unspecified atom stereocenters. The lowest BCUT2D eigenvalue weighted by Crippen LogP contribution is -2.29. The first-order valence-electron chi connectivity index (χ1n) is 6.97. The number of thiophene rings is 1. The molecular formula is C15H16N4OS2. The Morgan fingerprint density at radius 1 is 1.41 bits per heavy atom. The Morgan fingerprint density at radius 3 is 2.91 bits per heavy atom. The number of carbonyl (C=O) groups is 1. The summed E-state index contributed by atoms with van der Waals surface area (Å²) in [5, 5.41) is 11.9. The van der Waals surface area contributed by atoms with Gasteiger partial charge in [0.1, 0.15) is 10.7 Å². The van der Waals surface area contributed by atoms with Gasteiger partial charge in [-0.3, -0.25) is 9.48 Å². The van der Waals surface area contributed by atoms with E-state index in [0.717, 1.165) is 22.0 Å². The van der Waals surface area contributed by atoms with Gasteiger partial charge in [-0.1, -0.05) is 13.0 Å². The minimum Gasteiger partial charge on any atom is -0.342 e. The third kappa shape index (κ3) is 2.95. The molecule has 1 atom stereocenters. The van der Waals surface area contributed by atoms with E-state index in [0.29, 0.717) is 5.69 Å². The molecule has 0 saturated carbocycles. The molecule has 0 bridgehead atoms. The molecule has 0 radical (unpaired) electrons. The van der Waals surface area contributed by atoms with Crippen LogP contribution in [0.5, 0.6) is 0 Å². The molecule has 0 spiro atoms. The zero-order valence-corrected chi connectivity index (χ0v) is 13.9. The third-order valence-corrected chi connectivity index (χ3v) is 5.28. The van der Waals surface area contributed by atoms with E-state index in [1.807, 2.05) is 37.6 Å². The van der Waals surface area contributed by atoms with Gasteiger partial charge in [0, 0.05) is 18.6 Å². The highest BCUT2D eigenvalue weighted by Crippen LogP contribution is 2.28. The van der Waals surface area contributed by atoms with E-state index >= 15 is 0 Å². The van der Waals surface area contributed by atoms with Crippen molar-refractivity contribution in [1.82, 2.24) is 20.1 Å². The highest BCUT2D eigenvalue weighted by molar-refractivity contribution is 7.20. The van der Waals surface area contributed by atoms with Gasteiger partial charge in [0.25, 0.3) is 5.91 Å². The number of rotatable bonds is 5. The number of nitrogens with zero attached hydrogens (tertiary/aromatic N) is 3. The van der Waals surface area contributed by atoms with Crippen LogP contribution in [0.1, 0.15) is 35.6 Å². The topological polar surface area (TPSA) is 59.8 Å². The molecule has 7 heteroatoms. The van der Waals surface area contributed by atoms with Crippen molar-refractivity contribution in [3.63, 3.8) is 0 Å². The Hall–Kier alpha value is -1.99. The average molecular weight is 332 g/mol. The lowest BCUT2D eigenvalue weighted by atomic mass is 10.1. The van der Waals surface area contributed by atoms with Gasteiger partial charge >= 0.3 is 0 Å². The first-order chi connectivity index (χ1) is 10.7. The van der Waals surface area contributed by atoms with E-state index in [1.165, 1.54) is 11.3 Å². The Kier molecular flexibility index (Phi) is 4.35. The van der Waals surface area contributed by atoms with Crippen LogP contribution in [0.15, 0.2) is 35.2 Å². The Labute approximate surface area is 136 Å². The summed E-state index contributed by atoms with van der Waals surface area (Å²) in [5.74, 6) is -0.146. The molecule has 3 heterocycles. The van der Waals surface area contributed by atoms with Gasteiger partial charge in [-0.2, -0.15) is 5.10 Å². The zero-order valence-electron chi connectivity index (χ0n) is 12.3. The van der Waals surface area contributed by atoms with E-state index in [4.69, 9.17) is 0 Å². The van der Waals surface area contributed by atoms with Gasteiger partial charge in [0.15, 0.2) is 0 Å². The normalized spacial score (nSPS) is 12.3. The molecular weight excluding hydrogens is 316 g/mol. The summed E-state index contributed by atoms with van der Waals surface area (Å²) >= 11 is 3.12. The van der Waals surface area contributed by atoms with Crippen molar-refractivity contribution < 1.29 is 4.79 Å². The minimum absolute atomic E-state index is 0.0631. The van der Waals surface area contributed by atoms with Crippen molar-refractivity contribution in [2.75, 3.05) is 0 Å². The molecule has 3 aromatic heterocycles. The number of carbonyl (C=O) groups excluding carboxylic acids is 1. The van der Waals surface area contributed by atoms with Crippen LogP contribution >= 0.6 is 22.7 Å². The summed E-state index contributed by atoms with van der Waals surface area (Å²) in [5.41, 5.74) is 1.46. The summed E-state index contributed by atoms with van der Waals surface area (Å²) in [7, 11) is 1.88. The van der Waals surface area contributed by atoms with Crippen molar-refractivity contribution in [2.45, 2.75) is 19.4 Å². The fraction of sp³-hybridized carbons (Fsp3) is 0.267. The second kappa shape index (κ2) is 6.41. The third-order valence-electron chi connectivity index (χ3n) is 3.40. The van der Waals surface area contributed by atoms with Gasteiger partial charge in [0.2, 0.25) is 0 Å². The van der Waals surface area contributed by atoms with Gasteiger partial charge in [-0.05, 0) is 23.9 Å². The second-order valence-electron chi connectivity index (χ2n) is 4.83. The lowest BCUT2D eigenvalue weighted by molar-refractivity contribution is 0.0929. The SMILES string of the molecule is CC[C@@H](NC(=O)c1csc(-c2cccs2)n1)c1ccnn1C. The van der Waals surface area contributed by atoms with Crippen molar-refractivity contribution in [2.24, 2.45) is 7.05 Å². The highest BCUT2D eigenvalue weighted by atomic mass is 32.1. The maximum Gasteiger partial charge on any atom is 0.271 e. The maximum atomic E-state index is 12.4. The minimum atomic E-state index is -0.146. The summed E-state index contributed by atoms with van der Waals surface area (Å²) in [6.45, 7) is 2.04. The molecule has 1 N–H and O–H groups in total. The Bertz CT molecular complexity index is 760. The van der Waals surface area contributed by atoms with Crippen molar-refractivity contribution >= 4 is 28.6 Å². The summed E-state index contributed by atoms with van der Waals surface area (Å²) in [6.07, 6.45) is 2.54. The van der Waals surface area contributed by atoms with Crippen LogP contribution < -0.4 is 5.32 Å². The summed E-state index contributed by atoms with van der Waals surface area (Å²) < 4.78 is 1.78. The van der Waals surface area contributed by atoms with Gasteiger partial charge in [0.05, 0.1) is 16.6 Å². The molecule has 0 aliphatic carbocycles. The monoisotopic (exact) mass is 332 g/mol. The number of thiazole rings is 1. The predicted octanol–water partition coefficient (Wildman–Crippen LogP) is 3.49. The van der Waals surface area contributed by atoms with Gasteiger partial charge in [-0.25, -0.2) is 4.98 Å². The van der Waals surface area contributed by atoms with Crippen LogP contribution in [0.3, 0.4) is 0 Å². The number of amides is 1. The summed E-state index contributed by atoms with van der Waals surface area (Å²) in [6, 6.07) is 5.85. The van der Waals surface area contributed by atoms with Crippen molar-refractivity contribution in [3.8, 4) is 9.88 Å². The van der Waals surface area contributed by atoms with Crippen LogP contribution in [-0.4, -0.2) is 20.7 Å². The van der Waals surface area contributed by atoms with Crippen LogP contribution in [0.2, 0.25) is 0 Å². The molecule has 3 aromatic rings. The smallest absolute Gasteiger partial charge is 0.271 e. The quantitative estimate of drug-likeness (QED) is 0.778. The average Bonchev–Trinajstić information content (AvgIpc) is 3.24. The van der Waals surface area contributed by atoms with Crippen molar-refractivity contribution in [1.29, 1.82) is 0 Å². The van der Waals surface area contributed by atoms with Crippen LogP contribution in [0.25, 0.3) is 9.88 Å². The van der Waals surface area contributed by atoms with Crippen LogP contribution in [0, 0.1) is 0 Å². The first kappa shape index (κ1) is 14.9. The van der Waals surface area contributed by atoms with Crippen LogP contribution in [0.4, 0.5) is 0 Å². The Morgan fingerprint density at radius 2 is 2.27 bits per heavy atom. The number of nitrogens with one attached hydrogen (secondary N) is 1. The molecule has 3 rings (SSSR count). The molecule has 0 aliphatic rings. The number of aryl methyl sites for hydroxylation is 1. The summed E-state index contributed by atoms with van der Waals surface area (Å²) in [4.78, 5) is 17.9. The van der Waals surface area contributed by atoms with Gasteiger partial charge < -0.3 is 5.32 Å². The standard InChI is InChI=1S/C15H16N4OS2/c1-3-10(12-6-7-16-19(12)2)17-14(20)11-9-22-15(18-11)13-5-4-8-21-13/h4-10H,3H2,1-2H3,(H,17,20)/t10-/m1/s1. The molecule has 0 saturated heterocycles. The van der Waals surface area contributed by atoms with E-state index in [-0.39, 0.29) is 11.9 Å². The van der Waals surface area contributed by atoms with E-state index in [9.17, 15) is 4.79 Å². The molecule has 0 aromatic carbocycles. The fourth-order valence-corrected chi connectivity index (χ4v) is 3.85. The van der Waals surface area contributed by atoms with E-state index in [1.54, 1.807) is 27.6 Å². The molecule has 5 nitrogen and oxygen atoms in total. The van der Waals surface area contributed by atoms with Crippen molar-refractivity contribution in [3.05, 3.63) is 46.5 Å². The molecule has 114 valence electrons. The number of aromatic nitrogens is 3. The molecule has 22 heavy (non-hydrogen) atoms. The predicted molar refractivity (Wildman–Crippen MR) is 89.1 cm³/mol. The fourth-order valence-electron chi connectivity index (χ4n) is 2.23. The van der Waals surface area contributed by atoms with E-state index in [2.05, 4.69) is 15.4 Å². The molecule has 0 aliphatic heterocycles. The zero-order chi connectivity index (χ0) is 15.5. The number of hydrogen-bond acceptors (Lipinski definition) is 5. The van der Waals surface area contributed by atoms with E-state index < -0.39 is 0 Å². The Balaban J connectivity index is 1.75. The lowest BCUT2D eigenvalue weighted by Gasteiger charge is -2.16. The van der Waals surface area contributed by atoms with Crippen LogP contribution in [-0.2, 0) is 7.05 Å².